The lowest BCUT2D eigenvalue weighted by Gasteiger charge is -2.07. The summed E-state index contributed by atoms with van der Waals surface area (Å²) in [5.74, 6) is -0.457. The summed E-state index contributed by atoms with van der Waals surface area (Å²) in [6.07, 6.45) is 0.317. The molecule has 0 fully saturated rings. The van der Waals surface area contributed by atoms with Gasteiger partial charge < -0.3 is 16.4 Å². The second kappa shape index (κ2) is 5.95. The zero-order valence-electron chi connectivity index (χ0n) is 9.22. The van der Waals surface area contributed by atoms with Crippen LogP contribution in [0.3, 0.4) is 0 Å². The molecule has 0 saturated heterocycles. The van der Waals surface area contributed by atoms with Crippen molar-refractivity contribution in [3.8, 4) is 0 Å². The SMILES string of the molecule is CCNC(=O)CCNc1ccc(N)cc1F. The first-order chi connectivity index (χ1) is 7.63. The Morgan fingerprint density at radius 2 is 2.25 bits per heavy atom. The standard InChI is InChI=1S/C11H16FN3O/c1-2-14-11(16)5-6-15-10-4-3-8(13)7-9(10)12/h3-4,7,15H,2,5-6,13H2,1H3,(H,14,16). The van der Waals surface area contributed by atoms with Gasteiger partial charge in [0.15, 0.2) is 0 Å². The number of amides is 1. The van der Waals surface area contributed by atoms with Crippen molar-refractivity contribution in [2.75, 3.05) is 24.1 Å². The predicted molar refractivity (Wildman–Crippen MR) is 62.6 cm³/mol. The second-order valence-corrected chi connectivity index (χ2v) is 3.37. The molecule has 5 heteroatoms. The van der Waals surface area contributed by atoms with E-state index in [1.54, 1.807) is 12.1 Å². The third kappa shape index (κ3) is 3.76. The van der Waals surface area contributed by atoms with Gasteiger partial charge in [0.25, 0.3) is 0 Å². The Labute approximate surface area is 94.0 Å². The number of nitrogens with one attached hydrogen (secondary N) is 2. The summed E-state index contributed by atoms with van der Waals surface area (Å²) >= 11 is 0. The molecule has 0 aromatic heterocycles. The smallest absolute Gasteiger partial charge is 0.221 e. The Morgan fingerprint density at radius 1 is 1.50 bits per heavy atom. The molecule has 88 valence electrons. The normalized spacial score (nSPS) is 9.88. The van der Waals surface area contributed by atoms with Crippen molar-refractivity contribution < 1.29 is 9.18 Å². The van der Waals surface area contributed by atoms with Crippen LogP contribution in [-0.4, -0.2) is 19.0 Å². The van der Waals surface area contributed by atoms with E-state index < -0.39 is 5.82 Å². The maximum Gasteiger partial charge on any atom is 0.221 e. The van der Waals surface area contributed by atoms with Gasteiger partial charge >= 0.3 is 0 Å². The van der Waals surface area contributed by atoms with E-state index in [0.29, 0.717) is 30.9 Å². The number of benzene rings is 1. The van der Waals surface area contributed by atoms with Gasteiger partial charge in [0.2, 0.25) is 5.91 Å². The number of carbonyl (C=O) groups excluding carboxylic acids is 1. The summed E-state index contributed by atoms with van der Waals surface area (Å²) in [7, 11) is 0. The molecule has 1 aromatic rings. The minimum atomic E-state index is -0.407. The summed E-state index contributed by atoms with van der Waals surface area (Å²) in [5, 5.41) is 5.50. The molecule has 4 N–H and O–H groups in total. The first-order valence-corrected chi connectivity index (χ1v) is 5.19. The molecular weight excluding hydrogens is 209 g/mol. The second-order valence-electron chi connectivity index (χ2n) is 3.37. The van der Waals surface area contributed by atoms with Crippen LogP contribution in [0.25, 0.3) is 0 Å². The van der Waals surface area contributed by atoms with Crippen LogP contribution in [0.15, 0.2) is 18.2 Å². The van der Waals surface area contributed by atoms with E-state index in [1.807, 2.05) is 6.92 Å². The lowest BCUT2D eigenvalue weighted by atomic mass is 10.2. The minimum Gasteiger partial charge on any atom is -0.399 e. The molecule has 0 spiro atoms. The van der Waals surface area contributed by atoms with Gasteiger partial charge in [-0.3, -0.25) is 4.79 Å². The Kier molecular flexibility index (Phi) is 4.57. The summed E-state index contributed by atoms with van der Waals surface area (Å²) < 4.78 is 13.3. The molecule has 0 bridgehead atoms. The summed E-state index contributed by atoms with van der Waals surface area (Å²) in [4.78, 5) is 11.1. The highest BCUT2D eigenvalue weighted by Gasteiger charge is 2.03. The molecule has 0 aliphatic carbocycles. The number of halogens is 1. The molecule has 1 amide bonds. The van der Waals surface area contributed by atoms with Gasteiger partial charge in [-0.2, -0.15) is 0 Å². The molecule has 16 heavy (non-hydrogen) atoms. The van der Waals surface area contributed by atoms with Gasteiger partial charge in [-0.15, -0.1) is 0 Å². The van der Waals surface area contributed by atoms with Crippen LogP contribution in [0, 0.1) is 5.82 Å². The fraction of sp³-hybridized carbons (Fsp3) is 0.364. The highest BCUT2D eigenvalue weighted by Crippen LogP contribution is 2.16. The van der Waals surface area contributed by atoms with E-state index in [0.717, 1.165) is 0 Å². The van der Waals surface area contributed by atoms with Gasteiger partial charge in [0.1, 0.15) is 5.82 Å². The highest BCUT2D eigenvalue weighted by molar-refractivity contribution is 5.76. The van der Waals surface area contributed by atoms with E-state index >= 15 is 0 Å². The lowest BCUT2D eigenvalue weighted by molar-refractivity contribution is -0.120. The number of hydrogen-bond acceptors (Lipinski definition) is 3. The summed E-state index contributed by atoms with van der Waals surface area (Å²) in [6.45, 7) is 2.85. The molecular formula is C11H16FN3O. The average molecular weight is 225 g/mol. The van der Waals surface area contributed by atoms with E-state index in [-0.39, 0.29) is 5.91 Å². The highest BCUT2D eigenvalue weighted by atomic mass is 19.1. The first-order valence-electron chi connectivity index (χ1n) is 5.19. The summed E-state index contributed by atoms with van der Waals surface area (Å²) in [5.41, 5.74) is 6.15. The molecule has 0 saturated carbocycles. The van der Waals surface area contributed by atoms with Gasteiger partial charge in [0, 0.05) is 25.2 Å². The first kappa shape index (κ1) is 12.3. The van der Waals surface area contributed by atoms with Crippen LogP contribution in [0.5, 0.6) is 0 Å². The minimum absolute atomic E-state index is 0.0501. The molecule has 0 heterocycles. The Morgan fingerprint density at radius 3 is 2.88 bits per heavy atom. The van der Waals surface area contributed by atoms with Crippen LogP contribution in [-0.2, 0) is 4.79 Å². The molecule has 1 aromatic carbocycles. The maximum absolute atomic E-state index is 13.3. The van der Waals surface area contributed by atoms with Crippen molar-refractivity contribution in [3.05, 3.63) is 24.0 Å². The van der Waals surface area contributed by atoms with Crippen molar-refractivity contribution in [1.82, 2.24) is 5.32 Å². The van der Waals surface area contributed by atoms with Crippen molar-refractivity contribution >= 4 is 17.3 Å². The van der Waals surface area contributed by atoms with Crippen molar-refractivity contribution in [3.63, 3.8) is 0 Å². The summed E-state index contributed by atoms with van der Waals surface area (Å²) in [6, 6.07) is 4.41. The third-order valence-corrected chi connectivity index (χ3v) is 2.03. The molecule has 0 radical (unpaired) electrons. The third-order valence-electron chi connectivity index (χ3n) is 2.03. The Hall–Kier alpha value is -1.78. The Balaban J connectivity index is 2.40. The fourth-order valence-corrected chi connectivity index (χ4v) is 1.27. The quantitative estimate of drug-likeness (QED) is 0.662. The lowest BCUT2D eigenvalue weighted by Crippen LogP contribution is -2.24. The van der Waals surface area contributed by atoms with Crippen LogP contribution in [0.1, 0.15) is 13.3 Å². The molecule has 1 rings (SSSR count). The predicted octanol–water partition coefficient (Wildman–Crippen LogP) is 1.35. The van der Waals surface area contributed by atoms with Gasteiger partial charge in [-0.1, -0.05) is 0 Å². The zero-order valence-corrected chi connectivity index (χ0v) is 9.22. The van der Waals surface area contributed by atoms with E-state index in [4.69, 9.17) is 5.73 Å². The van der Waals surface area contributed by atoms with Crippen LogP contribution in [0.2, 0.25) is 0 Å². The molecule has 0 unspecified atom stereocenters. The van der Waals surface area contributed by atoms with Crippen molar-refractivity contribution in [2.45, 2.75) is 13.3 Å². The zero-order chi connectivity index (χ0) is 12.0. The van der Waals surface area contributed by atoms with E-state index in [1.165, 1.54) is 6.07 Å². The average Bonchev–Trinajstić information content (AvgIpc) is 2.22. The van der Waals surface area contributed by atoms with Gasteiger partial charge in [-0.05, 0) is 25.1 Å². The molecule has 0 aliphatic heterocycles. The number of rotatable bonds is 5. The molecule has 0 atom stereocenters. The van der Waals surface area contributed by atoms with Crippen LogP contribution >= 0.6 is 0 Å². The van der Waals surface area contributed by atoms with Crippen molar-refractivity contribution in [2.24, 2.45) is 0 Å². The van der Waals surface area contributed by atoms with Gasteiger partial charge in [-0.25, -0.2) is 4.39 Å². The number of anilines is 2. The van der Waals surface area contributed by atoms with E-state index in [2.05, 4.69) is 10.6 Å². The van der Waals surface area contributed by atoms with Crippen molar-refractivity contribution in [1.29, 1.82) is 0 Å². The monoisotopic (exact) mass is 225 g/mol. The number of nitrogen functional groups attached to an aromatic ring is 1. The molecule has 4 nitrogen and oxygen atoms in total. The van der Waals surface area contributed by atoms with Crippen LogP contribution < -0.4 is 16.4 Å². The fourth-order valence-electron chi connectivity index (χ4n) is 1.27. The number of nitrogens with two attached hydrogens (primary N) is 1. The number of carbonyl (C=O) groups is 1. The van der Waals surface area contributed by atoms with E-state index in [9.17, 15) is 9.18 Å². The Bertz CT molecular complexity index is 368. The van der Waals surface area contributed by atoms with Gasteiger partial charge in [0.05, 0.1) is 5.69 Å². The van der Waals surface area contributed by atoms with Crippen LogP contribution in [0.4, 0.5) is 15.8 Å². The maximum atomic E-state index is 13.3. The molecule has 0 aliphatic rings. The number of hydrogen-bond donors (Lipinski definition) is 3. The largest absolute Gasteiger partial charge is 0.399 e. The topological polar surface area (TPSA) is 67.2 Å².